The summed E-state index contributed by atoms with van der Waals surface area (Å²) in [6, 6.07) is 8.71. The van der Waals surface area contributed by atoms with Gasteiger partial charge >= 0.3 is 5.97 Å². The second-order valence-corrected chi connectivity index (χ2v) is 11.1. The number of carbonyl (C=O) groups is 3. The fourth-order valence-corrected chi connectivity index (χ4v) is 6.63. The fraction of sp³-hybridized carbons (Fsp3) is 0.467. The van der Waals surface area contributed by atoms with Gasteiger partial charge in [-0.3, -0.25) is 14.5 Å². The number of allylic oxidation sites excluding steroid dienone is 1. The van der Waals surface area contributed by atoms with Crippen molar-refractivity contribution in [1.82, 2.24) is 15.5 Å². The van der Waals surface area contributed by atoms with Gasteiger partial charge in [0.05, 0.1) is 12.7 Å². The SMILES string of the molecule is COC(=O)C1=C(C)NC(=O)C(C(=O)NC2CCN(C3CCC(c4cccc[n+]4[O-])CC3)C2)C1c1ccc(F)c(F)c1. The molecule has 2 N–H and O–H groups in total. The summed E-state index contributed by atoms with van der Waals surface area (Å²) >= 11 is 0. The monoisotopic (exact) mass is 568 g/mol. The van der Waals surface area contributed by atoms with Crippen molar-refractivity contribution in [2.75, 3.05) is 20.2 Å². The summed E-state index contributed by atoms with van der Waals surface area (Å²) in [5, 5.41) is 17.7. The summed E-state index contributed by atoms with van der Waals surface area (Å²) in [6.45, 7) is 2.89. The van der Waals surface area contributed by atoms with E-state index in [2.05, 4.69) is 15.5 Å². The van der Waals surface area contributed by atoms with Crippen LogP contribution < -0.4 is 15.4 Å². The molecule has 1 aromatic carbocycles. The lowest BCUT2D eigenvalue weighted by molar-refractivity contribution is -0.616. The first-order chi connectivity index (χ1) is 19.7. The summed E-state index contributed by atoms with van der Waals surface area (Å²) in [4.78, 5) is 41.8. The van der Waals surface area contributed by atoms with Crippen LogP contribution in [0.15, 0.2) is 53.9 Å². The van der Waals surface area contributed by atoms with Crippen LogP contribution in [0.1, 0.15) is 62.1 Å². The zero-order chi connectivity index (χ0) is 29.3. The number of amides is 2. The lowest BCUT2D eigenvalue weighted by atomic mass is 9.76. The van der Waals surface area contributed by atoms with Gasteiger partial charge in [0.1, 0.15) is 5.92 Å². The number of pyridine rings is 1. The molecule has 0 bridgehead atoms. The van der Waals surface area contributed by atoms with E-state index in [1.807, 2.05) is 12.1 Å². The van der Waals surface area contributed by atoms with Gasteiger partial charge in [-0.25, -0.2) is 13.6 Å². The van der Waals surface area contributed by atoms with E-state index in [0.29, 0.717) is 19.0 Å². The molecule has 0 spiro atoms. The Kier molecular flexibility index (Phi) is 8.35. The highest BCUT2D eigenvalue weighted by Gasteiger charge is 2.46. The lowest BCUT2D eigenvalue weighted by Gasteiger charge is -2.34. The number of methoxy groups -OCH3 is 1. The minimum Gasteiger partial charge on any atom is -0.618 e. The van der Waals surface area contributed by atoms with Crippen LogP contribution in [0.4, 0.5) is 8.78 Å². The number of esters is 1. The lowest BCUT2D eigenvalue weighted by Crippen LogP contribution is -2.51. The number of carbonyl (C=O) groups excluding carboxylic acids is 3. The molecule has 1 aromatic heterocycles. The van der Waals surface area contributed by atoms with E-state index in [0.717, 1.165) is 54.8 Å². The van der Waals surface area contributed by atoms with Gasteiger partial charge in [-0.05, 0) is 56.7 Å². The van der Waals surface area contributed by atoms with Crippen molar-refractivity contribution in [3.8, 4) is 0 Å². The van der Waals surface area contributed by atoms with E-state index in [4.69, 9.17) is 4.74 Å². The first kappa shape index (κ1) is 28.7. The van der Waals surface area contributed by atoms with Crippen LogP contribution in [0.5, 0.6) is 0 Å². The normalized spacial score (nSPS) is 26.9. The summed E-state index contributed by atoms with van der Waals surface area (Å²) < 4.78 is 33.8. The molecule has 1 saturated heterocycles. The molecule has 3 heterocycles. The Labute approximate surface area is 237 Å². The predicted molar refractivity (Wildman–Crippen MR) is 144 cm³/mol. The maximum Gasteiger partial charge on any atom is 0.336 e. The highest BCUT2D eigenvalue weighted by Crippen LogP contribution is 2.39. The third-order valence-electron chi connectivity index (χ3n) is 8.68. The summed E-state index contributed by atoms with van der Waals surface area (Å²) in [5.74, 6) is -6.53. The topological polar surface area (TPSA) is 115 Å². The van der Waals surface area contributed by atoms with Gasteiger partial charge in [0.2, 0.25) is 11.8 Å². The second-order valence-electron chi connectivity index (χ2n) is 11.1. The third-order valence-corrected chi connectivity index (χ3v) is 8.68. The first-order valence-electron chi connectivity index (χ1n) is 13.9. The van der Waals surface area contributed by atoms with Gasteiger partial charge in [-0.1, -0.05) is 12.1 Å². The number of likely N-dealkylation sites (tertiary alicyclic amines) is 1. The number of hydrogen-bond donors (Lipinski definition) is 2. The molecule has 3 aliphatic rings. The van der Waals surface area contributed by atoms with Crippen LogP contribution in [-0.2, 0) is 19.1 Å². The number of aromatic nitrogens is 1. The molecule has 2 amide bonds. The van der Waals surface area contributed by atoms with E-state index < -0.39 is 41.3 Å². The molecule has 41 heavy (non-hydrogen) atoms. The number of nitrogens with one attached hydrogen (secondary N) is 2. The molecular weight excluding hydrogens is 534 g/mol. The molecule has 2 aromatic rings. The Bertz CT molecular complexity index is 1370. The largest absolute Gasteiger partial charge is 0.618 e. The molecule has 11 heteroatoms. The molecule has 9 nitrogen and oxygen atoms in total. The highest BCUT2D eigenvalue weighted by atomic mass is 19.2. The molecule has 5 rings (SSSR count). The van der Waals surface area contributed by atoms with Crippen LogP contribution >= 0.6 is 0 Å². The van der Waals surface area contributed by atoms with Gasteiger partial charge in [-0.2, -0.15) is 4.73 Å². The van der Waals surface area contributed by atoms with Crippen LogP contribution in [0.25, 0.3) is 0 Å². The number of benzene rings is 1. The van der Waals surface area contributed by atoms with Gasteiger partial charge in [0, 0.05) is 54.8 Å². The summed E-state index contributed by atoms with van der Waals surface area (Å²) in [6.07, 6.45) is 5.92. The zero-order valence-electron chi connectivity index (χ0n) is 23.1. The average Bonchev–Trinajstić information content (AvgIpc) is 3.42. The van der Waals surface area contributed by atoms with Gasteiger partial charge in [-0.15, -0.1) is 0 Å². The van der Waals surface area contributed by atoms with Crippen LogP contribution in [0.3, 0.4) is 0 Å². The van der Waals surface area contributed by atoms with Gasteiger partial charge in [0.25, 0.3) is 0 Å². The van der Waals surface area contributed by atoms with Crippen molar-refractivity contribution >= 4 is 17.8 Å². The van der Waals surface area contributed by atoms with E-state index >= 15 is 0 Å². The Morgan fingerprint density at radius 3 is 2.54 bits per heavy atom. The van der Waals surface area contributed by atoms with Gasteiger partial charge < -0.3 is 20.6 Å². The maximum atomic E-state index is 14.2. The van der Waals surface area contributed by atoms with Crippen molar-refractivity contribution in [1.29, 1.82) is 0 Å². The van der Waals surface area contributed by atoms with Crippen LogP contribution in [0, 0.1) is 22.8 Å². The quantitative estimate of drug-likeness (QED) is 0.240. The molecule has 2 aliphatic heterocycles. The maximum absolute atomic E-state index is 14.2. The van der Waals surface area contributed by atoms with E-state index in [1.165, 1.54) is 26.3 Å². The molecule has 1 saturated carbocycles. The van der Waals surface area contributed by atoms with Crippen LogP contribution in [0.2, 0.25) is 0 Å². The van der Waals surface area contributed by atoms with E-state index in [9.17, 15) is 28.4 Å². The molecule has 2 fully saturated rings. The number of rotatable bonds is 6. The Morgan fingerprint density at radius 1 is 1.10 bits per heavy atom. The van der Waals surface area contributed by atoms with Crippen molar-refractivity contribution in [2.24, 2.45) is 5.92 Å². The number of halogens is 2. The number of hydrogen-bond acceptors (Lipinski definition) is 6. The predicted octanol–water partition coefficient (Wildman–Crippen LogP) is 2.79. The molecule has 3 unspecified atom stereocenters. The van der Waals surface area contributed by atoms with Crippen molar-refractivity contribution in [2.45, 2.75) is 62.9 Å². The smallest absolute Gasteiger partial charge is 0.336 e. The standard InChI is InChI=1S/C30H34F2N4O5/c1-17-25(30(39)41-2)26(19-8-11-22(31)23(32)15-19)27(28(37)33-17)29(38)34-20-12-14-35(16-20)21-9-6-18(7-10-21)24-5-3-4-13-36(24)40/h3-5,8,11,13,15,18,20-21,26-27H,6-7,9-10,12,14,16H2,1-2H3,(H,33,37)(H,34,38). The molecular formula is C30H34F2N4O5. The fourth-order valence-electron chi connectivity index (χ4n) is 6.63. The number of nitrogens with zero attached hydrogens (tertiary/aromatic N) is 2. The van der Waals surface area contributed by atoms with Crippen LogP contribution in [-0.4, -0.2) is 55.0 Å². The van der Waals surface area contributed by atoms with E-state index in [-0.39, 0.29) is 28.8 Å². The Hall–Kier alpha value is -3.86. The van der Waals surface area contributed by atoms with E-state index in [1.54, 1.807) is 6.07 Å². The summed E-state index contributed by atoms with van der Waals surface area (Å²) in [5.41, 5.74) is 1.14. The average molecular weight is 569 g/mol. The number of ether oxygens (including phenoxy) is 1. The molecule has 1 aliphatic carbocycles. The van der Waals surface area contributed by atoms with Crippen molar-refractivity contribution in [3.05, 3.63) is 82.0 Å². The highest BCUT2D eigenvalue weighted by molar-refractivity contribution is 6.07. The van der Waals surface area contributed by atoms with Crippen molar-refractivity contribution in [3.63, 3.8) is 0 Å². The first-order valence-corrected chi connectivity index (χ1v) is 13.9. The zero-order valence-corrected chi connectivity index (χ0v) is 23.1. The minimum atomic E-state index is -1.38. The summed E-state index contributed by atoms with van der Waals surface area (Å²) in [7, 11) is 1.18. The minimum absolute atomic E-state index is 0.0147. The second kappa shape index (κ2) is 11.9. The molecule has 3 atom stereocenters. The molecule has 218 valence electrons. The Balaban J connectivity index is 1.28. The van der Waals surface area contributed by atoms with Gasteiger partial charge in [0.15, 0.2) is 23.5 Å². The Morgan fingerprint density at radius 2 is 1.85 bits per heavy atom. The molecule has 0 radical (unpaired) electrons. The van der Waals surface area contributed by atoms with Crippen molar-refractivity contribution < 1.29 is 32.6 Å². The third kappa shape index (κ3) is 5.81.